The summed E-state index contributed by atoms with van der Waals surface area (Å²) in [6.07, 6.45) is 5.67. The average molecular weight is 320 g/mol. The third kappa shape index (κ3) is 2.54. The predicted octanol–water partition coefficient (Wildman–Crippen LogP) is 4.18. The van der Waals surface area contributed by atoms with Crippen molar-refractivity contribution in [2.24, 2.45) is 5.92 Å². The van der Waals surface area contributed by atoms with Gasteiger partial charge in [-0.3, -0.25) is 4.98 Å². The van der Waals surface area contributed by atoms with Crippen molar-refractivity contribution in [3.8, 4) is 0 Å². The molecule has 0 aliphatic heterocycles. The van der Waals surface area contributed by atoms with E-state index in [-0.39, 0.29) is 0 Å². The van der Waals surface area contributed by atoms with E-state index in [0.717, 1.165) is 32.7 Å². The van der Waals surface area contributed by atoms with Crippen molar-refractivity contribution in [3.05, 3.63) is 28.9 Å². The number of nitrogens with two attached hydrogens (primary N) is 1. The van der Waals surface area contributed by atoms with Crippen LogP contribution in [0.25, 0.3) is 10.9 Å². The van der Waals surface area contributed by atoms with E-state index in [9.17, 15) is 0 Å². The number of anilines is 2. The predicted molar refractivity (Wildman–Crippen MR) is 84.3 cm³/mol. The largest absolute Gasteiger partial charge is 0.398 e. The number of aromatic nitrogens is 1. The normalized spacial score (nSPS) is 21.6. The van der Waals surface area contributed by atoms with E-state index in [4.69, 9.17) is 5.73 Å². The van der Waals surface area contributed by atoms with Crippen LogP contribution in [0.2, 0.25) is 0 Å². The average Bonchev–Trinajstić information content (AvgIpc) is 3.12. The fourth-order valence-electron chi connectivity index (χ4n) is 2.65. The number of hydrogen-bond donors (Lipinski definition) is 2. The van der Waals surface area contributed by atoms with Gasteiger partial charge in [-0.2, -0.15) is 0 Å². The molecule has 0 spiro atoms. The van der Waals surface area contributed by atoms with Crippen molar-refractivity contribution in [1.29, 1.82) is 0 Å². The molecule has 1 fully saturated rings. The second-order valence-corrected chi connectivity index (χ2v) is 6.20. The van der Waals surface area contributed by atoms with Gasteiger partial charge in [-0.15, -0.1) is 0 Å². The minimum atomic E-state index is 0.609. The molecule has 2 atom stereocenters. The van der Waals surface area contributed by atoms with Crippen LogP contribution in [-0.4, -0.2) is 11.0 Å². The maximum Gasteiger partial charge on any atom is 0.0954 e. The first-order valence-electron chi connectivity index (χ1n) is 6.79. The molecule has 1 aromatic heterocycles. The molecule has 100 valence electrons. The van der Waals surface area contributed by atoms with Gasteiger partial charge in [-0.1, -0.05) is 13.3 Å². The van der Waals surface area contributed by atoms with Crippen molar-refractivity contribution in [2.75, 3.05) is 11.1 Å². The number of hydrogen-bond acceptors (Lipinski definition) is 3. The Morgan fingerprint density at radius 1 is 1.47 bits per heavy atom. The van der Waals surface area contributed by atoms with Gasteiger partial charge in [0.25, 0.3) is 0 Å². The van der Waals surface area contributed by atoms with Gasteiger partial charge < -0.3 is 11.1 Å². The molecular formula is C15H18BrN3. The molecule has 2 aromatic rings. The third-order valence-electron chi connectivity index (χ3n) is 3.77. The van der Waals surface area contributed by atoms with Gasteiger partial charge in [-0.05, 0) is 52.9 Å². The van der Waals surface area contributed by atoms with E-state index in [0.29, 0.717) is 6.04 Å². The minimum absolute atomic E-state index is 0.609. The minimum Gasteiger partial charge on any atom is -0.398 e. The molecular weight excluding hydrogens is 302 g/mol. The molecule has 1 saturated carbocycles. The van der Waals surface area contributed by atoms with Crippen molar-refractivity contribution < 1.29 is 0 Å². The van der Waals surface area contributed by atoms with Crippen LogP contribution in [0.5, 0.6) is 0 Å². The van der Waals surface area contributed by atoms with Gasteiger partial charge in [0.05, 0.1) is 11.2 Å². The van der Waals surface area contributed by atoms with E-state index in [2.05, 4.69) is 33.2 Å². The van der Waals surface area contributed by atoms with Crippen molar-refractivity contribution in [2.45, 2.75) is 32.2 Å². The van der Waals surface area contributed by atoms with E-state index in [1.54, 1.807) is 0 Å². The molecule has 0 amide bonds. The molecule has 1 aromatic carbocycles. The fourth-order valence-corrected chi connectivity index (χ4v) is 2.98. The summed E-state index contributed by atoms with van der Waals surface area (Å²) in [5, 5.41) is 4.61. The summed E-state index contributed by atoms with van der Waals surface area (Å²) in [5.74, 6) is 0.827. The summed E-state index contributed by atoms with van der Waals surface area (Å²) in [7, 11) is 0. The van der Waals surface area contributed by atoms with Crippen LogP contribution in [-0.2, 0) is 0 Å². The Hall–Kier alpha value is -1.29. The number of rotatable bonds is 4. The first kappa shape index (κ1) is 12.7. The Morgan fingerprint density at radius 2 is 2.32 bits per heavy atom. The molecule has 4 heteroatoms. The lowest BCUT2D eigenvalue weighted by atomic mass is 10.1. The lowest BCUT2D eigenvalue weighted by Gasteiger charge is -2.11. The zero-order chi connectivity index (χ0) is 13.4. The molecule has 1 aliphatic carbocycles. The number of nitrogens with one attached hydrogen (secondary N) is 1. The van der Waals surface area contributed by atoms with Gasteiger partial charge in [0.15, 0.2) is 0 Å². The lowest BCUT2D eigenvalue weighted by molar-refractivity contribution is 0.693. The molecule has 3 nitrogen and oxygen atoms in total. The highest BCUT2D eigenvalue weighted by atomic mass is 79.9. The zero-order valence-corrected chi connectivity index (χ0v) is 12.6. The van der Waals surface area contributed by atoms with Crippen LogP contribution in [0.3, 0.4) is 0 Å². The summed E-state index contributed by atoms with van der Waals surface area (Å²) < 4.78 is 0.958. The van der Waals surface area contributed by atoms with Crippen LogP contribution in [0, 0.1) is 5.92 Å². The maximum absolute atomic E-state index is 6.03. The van der Waals surface area contributed by atoms with E-state index >= 15 is 0 Å². The van der Waals surface area contributed by atoms with Crippen molar-refractivity contribution >= 4 is 38.2 Å². The van der Waals surface area contributed by atoms with Crippen molar-refractivity contribution in [1.82, 2.24) is 4.98 Å². The Balaban J connectivity index is 1.90. The van der Waals surface area contributed by atoms with Crippen LogP contribution in [0.4, 0.5) is 11.4 Å². The molecule has 0 saturated heterocycles. The summed E-state index contributed by atoms with van der Waals surface area (Å²) in [4.78, 5) is 4.50. The smallest absolute Gasteiger partial charge is 0.0954 e. The number of fused-ring (bicyclic) bond motifs is 1. The number of nitrogen functional groups attached to an aromatic ring is 1. The summed E-state index contributed by atoms with van der Waals surface area (Å²) in [6, 6.07) is 6.63. The zero-order valence-electron chi connectivity index (χ0n) is 11.0. The Morgan fingerprint density at radius 3 is 3.11 bits per heavy atom. The van der Waals surface area contributed by atoms with E-state index in [1.807, 2.05) is 24.4 Å². The number of halogens is 1. The highest BCUT2D eigenvalue weighted by molar-refractivity contribution is 9.10. The summed E-state index contributed by atoms with van der Waals surface area (Å²) in [5.41, 5.74) is 8.86. The lowest BCUT2D eigenvalue weighted by Crippen LogP contribution is -2.06. The topological polar surface area (TPSA) is 50.9 Å². The maximum atomic E-state index is 6.03. The Bertz CT molecular complexity index is 612. The standard InChI is InChI=1S/C15H18BrN3/c1-2-3-9-6-14(9)19-13-5-4-12(17)11-7-10(16)8-18-15(11)13/h4-5,7-9,14,19H,2-3,6,17H2,1H3. The van der Waals surface area contributed by atoms with Gasteiger partial charge in [0.2, 0.25) is 0 Å². The Labute approximate surface area is 121 Å². The number of benzene rings is 1. The molecule has 1 aliphatic rings. The van der Waals surface area contributed by atoms with E-state index in [1.165, 1.54) is 19.3 Å². The molecule has 19 heavy (non-hydrogen) atoms. The van der Waals surface area contributed by atoms with Gasteiger partial charge in [0.1, 0.15) is 0 Å². The third-order valence-corrected chi connectivity index (χ3v) is 4.21. The molecule has 0 radical (unpaired) electrons. The van der Waals surface area contributed by atoms with Crippen LogP contribution in [0.1, 0.15) is 26.2 Å². The van der Waals surface area contributed by atoms with Crippen LogP contribution < -0.4 is 11.1 Å². The monoisotopic (exact) mass is 319 g/mol. The molecule has 1 heterocycles. The summed E-state index contributed by atoms with van der Waals surface area (Å²) >= 11 is 3.45. The van der Waals surface area contributed by atoms with Crippen molar-refractivity contribution in [3.63, 3.8) is 0 Å². The van der Waals surface area contributed by atoms with Gasteiger partial charge in [-0.25, -0.2) is 0 Å². The summed E-state index contributed by atoms with van der Waals surface area (Å²) in [6.45, 7) is 2.24. The van der Waals surface area contributed by atoms with Crippen LogP contribution in [0.15, 0.2) is 28.9 Å². The number of pyridine rings is 1. The first-order valence-corrected chi connectivity index (χ1v) is 7.58. The highest BCUT2D eigenvalue weighted by Gasteiger charge is 2.36. The second kappa shape index (κ2) is 5.00. The molecule has 2 unspecified atom stereocenters. The van der Waals surface area contributed by atoms with Gasteiger partial charge >= 0.3 is 0 Å². The second-order valence-electron chi connectivity index (χ2n) is 5.29. The molecule has 3 N–H and O–H groups in total. The highest BCUT2D eigenvalue weighted by Crippen LogP contribution is 2.39. The quantitative estimate of drug-likeness (QED) is 0.831. The van der Waals surface area contributed by atoms with Crippen LogP contribution >= 0.6 is 15.9 Å². The van der Waals surface area contributed by atoms with Gasteiger partial charge in [0, 0.05) is 27.8 Å². The first-order chi connectivity index (χ1) is 9.19. The molecule has 3 rings (SSSR count). The fraction of sp³-hybridized carbons (Fsp3) is 0.400. The SMILES string of the molecule is CCCC1CC1Nc1ccc(N)c2cc(Br)cnc12. The Kier molecular flexibility index (Phi) is 3.35. The van der Waals surface area contributed by atoms with E-state index < -0.39 is 0 Å². The number of nitrogens with zero attached hydrogens (tertiary/aromatic N) is 1. The molecule has 0 bridgehead atoms.